The van der Waals surface area contributed by atoms with Gasteiger partial charge in [-0.05, 0) is 42.8 Å². The standard InChI is InChI=1S/C21H24Cl3N3O5S/c1-13(21(29)25-2)26(11-14-5-7-16(23)17(24)9-14)20(28)12-27(33(4,30)31)18-10-15(22)6-8-19(18)32-3/h5-10,13H,11-12H2,1-4H3,(H,25,29)/t13-/m1/s1. The Morgan fingerprint density at radius 1 is 1.09 bits per heavy atom. The number of amides is 2. The average Bonchev–Trinajstić information content (AvgIpc) is 2.76. The Kier molecular flexibility index (Phi) is 9.25. The van der Waals surface area contributed by atoms with Crippen LogP contribution in [0.15, 0.2) is 36.4 Å². The first kappa shape index (κ1) is 27.0. The van der Waals surface area contributed by atoms with Crippen LogP contribution in [0.1, 0.15) is 12.5 Å². The minimum Gasteiger partial charge on any atom is -0.495 e. The SMILES string of the molecule is CNC(=O)[C@@H](C)N(Cc1ccc(Cl)c(Cl)c1)C(=O)CN(c1cc(Cl)ccc1OC)S(C)(=O)=O. The van der Waals surface area contributed by atoms with Gasteiger partial charge in [0.1, 0.15) is 18.3 Å². The summed E-state index contributed by atoms with van der Waals surface area (Å²) >= 11 is 18.1. The maximum atomic E-state index is 13.4. The molecule has 0 unspecified atom stereocenters. The minimum absolute atomic E-state index is 0.00537. The van der Waals surface area contributed by atoms with Crippen molar-refractivity contribution in [2.24, 2.45) is 0 Å². The lowest BCUT2D eigenvalue weighted by Crippen LogP contribution is -2.50. The van der Waals surface area contributed by atoms with Gasteiger partial charge in [-0.15, -0.1) is 0 Å². The number of hydrogen-bond donors (Lipinski definition) is 1. The van der Waals surface area contributed by atoms with E-state index in [1.54, 1.807) is 25.1 Å². The molecule has 0 bridgehead atoms. The number of rotatable bonds is 9. The van der Waals surface area contributed by atoms with Crippen LogP contribution in [0.25, 0.3) is 0 Å². The summed E-state index contributed by atoms with van der Waals surface area (Å²) in [6, 6.07) is 8.34. The van der Waals surface area contributed by atoms with Gasteiger partial charge in [-0.25, -0.2) is 8.42 Å². The molecule has 0 saturated carbocycles. The second kappa shape index (κ2) is 11.3. The summed E-state index contributed by atoms with van der Waals surface area (Å²) in [5, 5.41) is 3.39. The molecular weight excluding hydrogens is 513 g/mol. The molecule has 2 aromatic carbocycles. The third-order valence-corrected chi connectivity index (χ3v) is 6.94. The third kappa shape index (κ3) is 6.89. The molecule has 1 N–H and O–H groups in total. The number of likely N-dealkylation sites (N-methyl/N-ethyl adjacent to an activating group) is 1. The molecule has 180 valence electrons. The Balaban J connectivity index is 2.47. The zero-order valence-corrected chi connectivity index (χ0v) is 21.5. The lowest BCUT2D eigenvalue weighted by atomic mass is 10.1. The number of halogens is 3. The summed E-state index contributed by atoms with van der Waals surface area (Å²) in [6.45, 7) is 0.950. The highest BCUT2D eigenvalue weighted by Crippen LogP contribution is 2.33. The number of hydrogen-bond acceptors (Lipinski definition) is 5. The molecule has 12 heteroatoms. The fourth-order valence-corrected chi connectivity index (χ4v) is 4.41. The largest absolute Gasteiger partial charge is 0.495 e. The van der Waals surface area contributed by atoms with Gasteiger partial charge >= 0.3 is 0 Å². The van der Waals surface area contributed by atoms with Gasteiger partial charge in [0.15, 0.2) is 0 Å². The Morgan fingerprint density at radius 3 is 2.30 bits per heavy atom. The fourth-order valence-electron chi connectivity index (χ4n) is 3.08. The van der Waals surface area contributed by atoms with Crippen LogP contribution in [-0.4, -0.2) is 58.1 Å². The summed E-state index contributed by atoms with van der Waals surface area (Å²) in [5.74, 6) is -0.827. The molecule has 0 saturated heterocycles. The number of nitrogens with zero attached hydrogens (tertiary/aromatic N) is 2. The van der Waals surface area contributed by atoms with E-state index < -0.39 is 34.4 Å². The van der Waals surface area contributed by atoms with Gasteiger partial charge in [-0.2, -0.15) is 0 Å². The number of carbonyl (C=O) groups is 2. The van der Waals surface area contributed by atoms with Gasteiger partial charge < -0.3 is 15.0 Å². The second-order valence-corrected chi connectivity index (χ2v) is 10.3. The molecule has 8 nitrogen and oxygen atoms in total. The second-order valence-electron chi connectivity index (χ2n) is 7.15. The van der Waals surface area contributed by atoms with E-state index in [9.17, 15) is 18.0 Å². The Hall–Kier alpha value is -2.20. The maximum Gasteiger partial charge on any atom is 0.244 e. The first-order chi connectivity index (χ1) is 15.4. The van der Waals surface area contributed by atoms with E-state index in [2.05, 4.69) is 5.32 Å². The molecule has 1 atom stereocenters. The summed E-state index contributed by atoms with van der Waals surface area (Å²) in [4.78, 5) is 27.0. The van der Waals surface area contributed by atoms with Gasteiger partial charge in [0.25, 0.3) is 0 Å². The predicted molar refractivity (Wildman–Crippen MR) is 131 cm³/mol. The smallest absolute Gasteiger partial charge is 0.244 e. The molecule has 0 aliphatic rings. The summed E-state index contributed by atoms with van der Waals surface area (Å²) in [7, 11) is -1.11. The van der Waals surface area contributed by atoms with Crippen molar-refractivity contribution in [3.8, 4) is 5.75 Å². The summed E-state index contributed by atoms with van der Waals surface area (Å²) in [5.41, 5.74) is 0.711. The molecular formula is C21H24Cl3N3O5S. The van der Waals surface area contributed by atoms with E-state index in [1.807, 2.05) is 0 Å². The minimum atomic E-state index is -3.92. The van der Waals surface area contributed by atoms with Gasteiger partial charge in [0.2, 0.25) is 21.8 Å². The topological polar surface area (TPSA) is 96.0 Å². The molecule has 0 aromatic heterocycles. The molecule has 0 aliphatic carbocycles. The van der Waals surface area contributed by atoms with E-state index in [0.717, 1.165) is 10.6 Å². The van der Waals surface area contributed by atoms with E-state index in [4.69, 9.17) is 39.5 Å². The van der Waals surface area contributed by atoms with Crippen molar-refractivity contribution >= 4 is 62.3 Å². The van der Waals surface area contributed by atoms with Crippen LogP contribution in [0, 0.1) is 0 Å². The van der Waals surface area contributed by atoms with Crippen molar-refractivity contribution in [2.75, 3.05) is 31.3 Å². The van der Waals surface area contributed by atoms with Crippen molar-refractivity contribution < 1.29 is 22.7 Å². The Morgan fingerprint density at radius 2 is 1.76 bits per heavy atom. The number of benzene rings is 2. The number of anilines is 1. The van der Waals surface area contributed by atoms with Crippen molar-refractivity contribution in [3.63, 3.8) is 0 Å². The number of sulfonamides is 1. The van der Waals surface area contributed by atoms with Crippen LogP contribution in [0.3, 0.4) is 0 Å². The monoisotopic (exact) mass is 535 g/mol. The van der Waals surface area contributed by atoms with Crippen molar-refractivity contribution in [1.82, 2.24) is 10.2 Å². The fraction of sp³-hybridized carbons (Fsp3) is 0.333. The number of carbonyl (C=O) groups excluding carboxylic acids is 2. The number of nitrogens with one attached hydrogen (secondary N) is 1. The molecule has 0 radical (unpaired) electrons. The van der Waals surface area contributed by atoms with Crippen LogP contribution < -0.4 is 14.4 Å². The molecule has 33 heavy (non-hydrogen) atoms. The van der Waals surface area contributed by atoms with Crippen molar-refractivity contribution in [1.29, 1.82) is 0 Å². The third-order valence-electron chi connectivity index (χ3n) is 4.84. The molecule has 2 amide bonds. The lowest BCUT2D eigenvalue weighted by molar-refractivity contribution is -0.139. The van der Waals surface area contributed by atoms with Crippen molar-refractivity contribution in [3.05, 3.63) is 57.0 Å². The first-order valence-corrected chi connectivity index (χ1v) is 12.6. The van der Waals surface area contributed by atoms with Crippen LogP contribution in [0.5, 0.6) is 5.75 Å². The maximum absolute atomic E-state index is 13.4. The number of methoxy groups -OCH3 is 1. The lowest BCUT2D eigenvalue weighted by Gasteiger charge is -2.31. The summed E-state index contributed by atoms with van der Waals surface area (Å²) < 4.78 is 31.4. The zero-order chi connectivity index (χ0) is 24.9. The van der Waals surface area contributed by atoms with Gasteiger partial charge in [-0.1, -0.05) is 40.9 Å². The van der Waals surface area contributed by atoms with Crippen molar-refractivity contribution in [2.45, 2.75) is 19.5 Å². The normalized spacial score (nSPS) is 12.1. The van der Waals surface area contributed by atoms with Gasteiger partial charge in [0, 0.05) is 18.6 Å². The molecule has 0 fully saturated rings. The predicted octanol–water partition coefficient (Wildman–Crippen LogP) is 3.58. The highest BCUT2D eigenvalue weighted by molar-refractivity contribution is 7.92. The van der Waals surface area contributed by atoms with E-state index in [0.29, 0.717) is 10.6 Å². The van der Waals surface area contributed by atoms with E-state index in [1.165, 1.54) is 37.3 Å². The van der Waals surface area contributed by atoms with E-state index >= 15 is 0 Å². The highest BCUT2D eigenvalue weighted by atomic mass is 35.5. The quantitative estimate of drug-likeness (QED) is 0.528. The molecule has 0 heterocycles. The van der Waals surface area contributed by atoms with E-state index in [-0.39, 0.29) is 28.0 Å². The average molecular weight is 537 g/mol. The van der Waals surface area contributed by atoms with Crippen LogP contribution in [0.2, 0.25) is 15.1 Å². The first-order valence-electron chi connectivity index (χ1n) is 9.65. The highest BCUT2D eigenvalue weighted by Gasteiger charge is 2.31. The van der Waals surface area contributed by atoms with Gasteiger partial charge in [-0.3, -0.25) is 13.9 Å². The molecule has 0 aliphatic heterocycles. The zero-order valence-electron chi connectivity index (χ0n) is 18.4. The Labute approximate surface area is 208 Å². The molecule has 2 rings (SSSR count). The number of ether oxygens (including phenoxy) is 1. The summed E-state index contributed by atoms with van der Waals surface area (Å²) in [6.07, 6.45) is 0.964. The van der Waals surface area contributed by atoms with Crippen LogP contribution in [0.4, 0.5) is 5.69 Å². The molecule has 0 spiro atoms. The molecule has 2 aromatic rings. The van der Waals surface area contributed by atoms with Crippen LogP contribution in [-0.2, 0) is 26.2 Å². The van der Waals surface area contributed by atoms with Gasteiger partial charge in [0.05, 0.1) is 29.1 Å². The van der Waals surface area contributed by atoms with Crippen LogP contribution >= 0.6 is 34.8 Å². The Bertz CT molecular complexity index is 1140.